The summed E-state index contributed by atoms with van der Waals surface area (Å²) in [5, 5.41) is 15.8. The van der Waals surface area contributed by atoms with Crippen LogP contribution in [0.5, 0.6) is 11.5 Å². The molecule has 3 aromatic rings. The van der Waals surface area contributed by atoms with Crippen LogP contribution in [0.25, 0.3) is 0 Å². The number of carbonyl (C=O) groups excluding carboxylic acids is 3. The molecule has 0 aliphatic carbocycles. The number of amides is 3. The number of alkyl carbamates (subject to hydrolysis) is 1. The molecule has 0 fully saturated rings. The molecule has 2 atom stereocenters. The zero-order chi connectivity index (χ0) is 30.0. The maximum Gasteiger partial charge on any atom is 0.408 e. The second kappa shape index (κ2) is 14.0. The molecule has 41 heavy (non-hydrogen) atoms. The molecule has 3 N–H and O–H groups in total. The molecule has 0 saturated heterocycles. The number of carbonyl (C=O) groups is 3. The molecular weight excluding hydrogens is 522 g/mol. The molecule has 0 heterocycles. The van der Waals surface area contributed by atoms with Crippen LogP contribution in [0.3, 0.4) is 0 Å². The first-order valence-electron chi connectivity index (χ1n) is 13.2. The molecule has 0 radical (unpaired) electrons. The van der Waals surface area contributed by atoms with Crippen LogP contribution in [0.1, 0.15) is 37.9 Å². The lowest BCUT2D eigenvalue weighted by Gasteiger charge is -2.34. The average molecular weight is 560 g/mol. The Morgan fingerprint density at radius 1 is 1.00 bits per heavy atom. The van der Waals surface area contributed by atoms with Crippen molar-refractivity contribution in [2.24, 2.45) is 0 Å². The fraction of sp³-hybridized carbons (Fsp3) is 0.281. The van der Waals surface area contributed by atoms with E-state index >= 15 is 0 Å². The number of aromatic hydroxyl groups is 1. The van der Waals surface area contributed by atoms with E-state index in [0.29, 0.717) is 17.0 Å². The maximum atomic E-state index is 14.2. The number of benzene rings is 3. The summed E-state index contributed by atoms with van der Waals surface area (Å²) >= 11 is 0. The van der Waals surface area contributed by atoms with Crippen LogP contribution in [0.2, 0.25) is 0 Å². The number of rotatable bonds is 11. The van der Waals surface area contributed by atoms with Gasteiger partial charge in [0.25, 0.3) is 5.91 Å². The van der Waals surface area contributed by atoms with Gasteiger partial charge in [0.1, 0.15) is 29.2 Å². The van der Waals surface area contributed by atoms with Gasteiger partial charge in [-0.2, -0.15) is 0 Å². The standard InChI is InChI=1S/C32H37N3O6/c1-6-19-35(30(38)27(20-22-11-8-7-9-12-22)34-31(39)41-32(2,3)4)28(23-13-10-14-25(36)21-23)29(37)33-24-15-17-26(40-5)18-16-24/h6-18,21,27-28,36H,1,19-20H2,2-5H3,(H,33,37)(H,34,39). The third kappa shape index (κ3) is 9.13. The predicted octanol–water partition coefficient (Wildman–Crippen LogP) is 5.23. The van der Waals surface area contributed by atoms with E-state index in [1.54, 1.807) is 64.3 Å². The van der Waals surface area contributed by atoms with Crippen molar-refractivity contribution in [3.8, 4) is 11.5 Å². The van der Waals surface area contributed by atoms with Crippen molar-refractivity contribution in [2.75, 3.05) is 19.0 Å². The van der Waals surface area contributed by atoms with Crippen LogP contribution >= 0.6 is 0 Å². The van der Waals surface area contributed by atoms with Crippen molar-refractivity contribution in [3.63, 3.8) is 0 Å². The van der Waals surface area contributed by atoms with Gasteiger partial charge in [-0.1, -0.05) is 48.5 Å². The van der Waals surface area contributed by atoms with Crippen LogP contribution in [-0.4, -0.2) is 53.2 Å². The Morgan fingerprint density at radius 3 is 2.27 bits per heavy atom. The van der Waals surface area contributed by atoms with Crippen LogP contribution in [0.15, 0.2) is 91.5 Å². The highest BCUT2D eigenvalue weighted by Gasteiger charge is 2.36. The minimum absolute atomic E-state index is 0.0174. The van der Waals surface area contributed by atoms with Crippen molar-refractivity contribution in [3.05, 3.63) is 103 Å². The van der Waals surface area contributed by atoms with Gasteiger partial charge in [0, 0.05) is 18.7 Å². The topological polar surface area (TPSA) is 117 Å². The minimum atomic E-state index is -1.17. The van der Waals surface area contributed by atoms with Gasteiger partial charge in [-0.25, -0.2) is 4.79 Å². The second-order valence-corrected chi connectivity index (χ2v) is 10.4. The average Bonchev–Trinajstić information content (AvgIpc) is 2.92. The Kier molecular flexibility index (Phi) is 10.5. The minimum Gasteiger partial charge on any atom is -0.508 e. The number of nitrogens with zero attached hydrogens (tertiary/aromatic N) is 1. The fourth-order valence-corrected chi connectivity index (χ4v) is 4.21. The number of phenols is 1. The Hall–Kier alpha value is -4.79. The number of nitrogens with one attached hydrogen (secondary N) is 2. The summed E-state index contributed by atoms with van der Waals surface area (Å²) in [7, 11) is 1.54. The molecule has 0 spiro atoms. The highest BCUT2D eigenvalue weighted by molar-refractivity contribution is 5.99. The molecule has 0 bridgehead atoms. The molecule has 0 aliphatic rings. The van der Waals surface area contributed by atoms with Crippen molar-refractivity contribution in [2.45, 2.75) is 44.9 Å². The van der Waals surface area contributed by atoms with E-state index in [4.69, 9.17) is 9.47 Å². The first kappa shape index (κ1) is 30.7. The highest BCUT2D eigenvalue weighted by atomic mass is 16.6. The van der Waals surface area contributed by atoms with Gasteiger partial charge in [0.05, 0.1) is 7.11 Å². The normalized spacial score (nSPS) is 12.4. The zero-order valence-electron chi connectivity index (χ0n) is 23.8. The van der Waals surface area contributed by atoms with E-state index in [-0.39, 0.29) is 18.7 Å². The van der Waals surface area contributed by atoms with E-state index < -0.39 is 35.6 Å². The molecule has 3 amide bonds. The van der Waals surface area contributed by atoms with Gasteiger partial charge in [-0.3, -0.25) is 9.59 Å². The van der Waals surface area contributed by atoms with Gasteiger partial charge >= 0.3 is 6.09 Å². The third-order valence-corrected chi connectivity index (χ3v) is 5.98. The Bertz CT molecular complexity index is 1340. The number of ether oxygens (including phenoxy) is 2. The summed E-state index contributed by atoms with van der Waals surface area (Å²) in [4.78, 5) is 42.2. The first-order chi connectivity index (χ1) is 19.5. The molecular formula is C32H37N3O6. The third-order valence-electron chi connectivity index (χ3n) is 5.98. The molecule has 2 unspecified atom stereocenters. The molecule has 9 nitrogen and oxygen atoms in total. The second-order valence-electron chi connectivity index (χ2n) is 10.4. The van der Waals surface area contributed by atoms with Crippen molar-refractivity contribution in [1.82, 2.24) is 10.2 Å². The van der Waals surface area contributed by atoms with Gasteiger partial charge in [0.2, 0.25) is 5.91 Å². The summed E-state index contributed by atoms with van der Waals surface area (Å²) in [5.41, 5.74) is 0.881. The molecule has 9 heteroatoms. The fourth-order valence-electron chi connectivity index (χ4n) is 4.21. The van der Waals surface area contributed by atoms with Crippen LogP contribution in [0, 0.1) is 0 Å². The Morgan fingerprint density at radius 2 is 1.68 bits per heavy atom. The molecule has 216 valence electrons. The van der Waals surface area contributed by atoms with Gasteiger partial charge in [-0.05, 0) is 68.3 Å². The number of hydrogen-bond donors (Lipinski definition) is 3. The molecule has 3 aromatic carbocycles. The Balaban J connectivity index is 2.02. The number of methoxy groups -OCH3 is 1. The molecule has 0 aliphatic heterocycles. The first-order valence-corrected chi connectivity index (χ1v) is 13.2. The molecule has 3 rings (SSSR count). The monoisotopic (exact) mass is 559 g/mol. The number of phenolic OH excluding ortho intramolecular Hbond substituents is 1. The van der Waals surface area contributed by atoms with E-state index in [2.05, 4.69) is 17.2 Å². The van der Waals surface area contributed by atoms with Crippen LogP contribution in [0.4, 0.5) is 10.5 Å². The van der Waals surface area contributed by atoms with E-state index in [9.17, 15) is 19.5 Å². The van der Waals surface area contributed by atoms with Gasteiger partial charge in [-0.15, -0.1) is 6.58 Å². The summed E-state index contributed by atoms with van der Waals surface area (Å²) in [6.45, 7) is 8.96. The summed E-state index contributed by atoms with van der Waals surface area (Å²) in [6.07, 6.45) is 0.891. The van der Waals surface area contributed by atoms with Gasteiger partial charge in [0.15, 0.2) is 0 Å². The molecule has 0 aromatic heterocycles. The van der Waals surface area contributed by atoms with Crippen molar-refractivity contribution in [1.29, 1.82) is 0 Å². The van der Waals surface area contributed by atoms with Crippen LogP contribution < -0.4 is 15.4 Å². The van der Waals surface area contributed by atoms with Crippen molar-refractivity contribution >= 4 is 23.6 Å². The predicted molar refractivity (Wildman–Crippen MR) is 158 cm³/mol. The molecule has 0 saturated carbocycles. The lowest BCUT2D eigenvalue weighted by atomic mass is 10.00. The lowest BCUT2D eigenvalue weighted by Crippen LogP contribution is -2.53. The number of hydrogen-bond acceptors (Lipinski definition) is 6. The smallest absolute Gasteiger partial charge is 0.408 e. The van der Waals surface area contributed by atoms with E-state index in [1.807, 2.05) is 30.3 Å². The quantitative estimate of drug-likeness (QED) is 0.277. The van der Waals surface area contributed by atoms with Gasteiger partial charge < -0.3 is 30.1 Å². The van der Waals surface area contributed by atoms with Crippen LogP contribution in [-0.2, 0) is 20.7 Å². The SMILES string of the molecule is C=CCN(C(=O)C(Cc1ccccc1)NC(=O)OC(C)(C)C)C(C(=O)Nc1ccc(OC)cc1)c1cccc(O)c1. The number of anilines is 1. The summed E-state index contributed by atoms with van der Waals surface area (Å²) in [6, 6.07) is 19.9. The summed E-state index contributed by atoms with van der Waals surface area (Å²) in [5.74, 6) is -0.499. The van der Waals surface area contributed by atoms with Crippen molar-refractivity contribution < 1.29 is 29.0 Å². The van der Waals surface area contributed by atoms with E-state index in [0.717, 1.165) is 5.56 Å². The largest absolute Gasteiger partial charge is 0.508 e. The zero-order valence-corrected chi connectivity index (χ0v) is 23.8. The van der Waals surface area contributed by atoms with E-state index in [1.165, 1.54) is 23.1 Å². The maximum absolute atomic E-state index is 14.2. The lowest BCUT2D eigenvalue weighted by molar-refractivity contribution is -0.140. The Labute approximate surface area is 240 Å². The highest BCUT2D eigenvalue weighted by Crippen LogP contribution is 2.28. The summed E-state index contributed by atoms with van der Waals surface area (Å²) < 4.78 is 10.6.